The van der Waals surface area contributed by atoms with Crippen LogP contribution in [0.2, 0.25) is 5.02 Å². The highest BCUT2D eigenvalue weighted by Gasteiger charge is 2.34. The summed E-state index contributed by atoms with van der Waals surface area (Å²) in [5, 5.41) is 0.430. The predicted octanol–water partition coefficient (Wildman–Crippen LogP) is 4.76. The summed E-state index contributed by atoms with van der Waals surface area (Å²) < 4.78 is 10.6. The molecule has 37 heavy (non-hydrogen) atoms. The minimum atomic E-state index is -0.529. The lowest BCUT2D eigenvalue weighted by atomic mass is 10.1. The van der Waals surface area contributed by atoms with Crippen LogP contribution in [-0.2, 0) is 16.1 Å². The molecule has 0 bridgehead atoms. The Morgan fingerprint density at radius 2 is 1.65 bits per heavy atom. The molecule has 2 saturated heterocycles. The summed E-state index contributed by atoms with van der Waals surface area (Å²) in [5.74, 6) is 0.493. The summed E-state index contributed by atoms with van der Waals surface area (Å²) in [6, 6.07) is 12.4. The molecule has 2 aromatic carbocycles. The number of carbonyl (C=O) groups is 3. The molecule has 2 aliphatic heterocycles. The molecule has 4 amide bonds. The van der Waals surface area contributed by atoms with Crippen LogP contribution in [-0.4, -0.2) is 73.3 Å². The molecule has 0 atom stereocenters. The van der Waals surface area contributed by atoms with Gasteiger partial charge in [-0.2, -0.15) is 0 Å². The quantitative estimate of drug-likeness (QED) is 0.556. The third kappa shape index (κ3) is 6.28. The van der Waals surface area contributed by atoms with Crippen molar-refractivity contribution in [3.05, 3.63) is 53.1 Å². The van der Waals surface area contributed by atoms with Crippen molar-refractivity contribution < 1.29 is 23.9 Å². The second-order valence-corrected chi connectivity index (χ2v) is 10.5. The third-order valence-corrected chi connectivity index (χ3v) is 6.63. The van der Waals surface area contributed by atoms with E-state index in [0.29, 0.717) is 42.6 Å². The number of hydrogen-bond donors (Lipinski definition) is 0. The van der Waals surface area contributed by atoms with E-state index in [1.807, 2.05) is 51.1 Å². The van der Waals surface area contributed by atoms with Gasteiger partial charge >= 0.3 is 12.1 Å². The highest BCUT2D eigenvalue weighted by molar-refractivity contribution is 6.34. The number of nitrogens with zero attached hydrogens (tertiary/aromatic N) is 4. The Morgan fingerprint density at radius 1 is 0.973 bits per heavy atom. The smallest absolute Gasteiger partial charge is 0.410 e. The zero-order valence-corrected chi connectivity index (χ0v) is 22.5. The van der Waals surface area contributed by atoms with Crippen molar-refractivity contribution in [3.63, 3.8) is 0 Å². The van der Waals surface area contributed by atoms with Gasteiger partial charge in [-0.25, -0.2) is 9.59 Å². The molecule has 9 nitrogen and oxygen atoms in total. The van der Waals surface area contributed by atoms with Crippen molar-refractivity contribution in [2.45, 2.75) is 39.3 Å². The van der Waals surface area contributed by atoms with Crippen LogP contribution in [0.1, 0.15) is 32.8 Å². The minimum absolute atomic E-state index is 0.176. The number of anilines is 2. The molecule has 10 heteroatoms. The number of hydrogen-bond acceptors (Lipinski definition) is 6. The van der Waals surface area contributed by atoms with Gasteiger partial charge in [-0.3, -0.25) is 14.6 Å². The Balaban J connectivity index is 1.42. The molecular weight excluding hydrogens is 496 g/mol. The molecule has 2 fully saturated rings. The summed E-state index contributed by atoms with van der Waals surface area (Å²) in [4.78, 5) is 44.9. The Bertz CT molecular complexity index is 1160. The number of urea groups is 1. The fourth-order valence-electron chi connectivity index (χ4n) is 4.37. The van der Waals surface area contributed by atoms with Gasteiger partial charge in [0.25, 0.3) is 0 Å². The van der Waals surface area contributed by atoms with Gasteiger partial charge in [0.05, 0.1) is 24.4 Å². The highest BCUT2D eigenvalue weighted by Crippen LogP contribution is 2.33. The fourth-order valence-corrected chi connectivity index (χ4v) is 4.65. The molecule has 2 aromatic rings. The molecule has 0 spiro atoms. The number of benzene rings is 2. The van der Waals surface area contributed by atoms with E-state index < -0.39 is 11.6 Å². The molecule has 0 unspecified atom stereocenters. The highest BCUT2D eigenvalue weighted by atomic mass is 35.5. The van der Waals surface area contributed by atoms with Crippen LogP contribution in [0.4, 0.5) is 21.0 Å². The Morgan fingerprint density at radius 3 is 2.24 bits per heavy atom. The average molecular weight is 529 g/mol. The largest absolute Gasteiger partial charge is 0.497 e. The first-order chi connectivity index (χ1) is 17.6. The van der Waals surface area contributed by atoms with Crippen LogP contribution in [0.25, 0.3) is 0 Å². The fraction of sp³-hybridized carbons (Fsp3) is 0.444. The summed E-state index contributed by atoms with van der Waals surface area (Å²) in [6.07, 6.45) is -0.0926. The van der Waals surface area contributed by atoms with E-state index in [-0.39, 0.29) is 31.5 Å². The average Bonchev–Trinajstić information content (AvgIpc) is 2.86. The number of piperazine rings is 1. The number of amides is 4. The molecule has 0 aromatic heterocycles. The van der Waals surface area contributed by atoms with Crippen LogP contribution in [0.15, 0.2) is 42.5 Å². The van der Waals surface area contributed by atoms with Gasteiger partial charge in [0.2, 0.25) is 5.91 Å². The first-order valence-electron chi connectivity index (χ1n) is 12.3. The lowest BCUT2D eigenvalue weighted by Gasteiger charge is -2.37. The van der Waals surface area contributed by atoms with Crippen LogP contribution in [0.3, 0.4) is 0 Å². The zero-order chi connectivity index (χ0) is 26.7. The van der Waals surface area contributed by atoms with Gasteiger partial charge in [-0.15, -0.1) is 0 Å². The molecule has 0 aliphatic carbocycles. The van der Waals surface area contributed by atoms with Crippen molar-refractivity contribution in [2.75, 3.05) is 49.6 Å². The van der Waals surface area contributed by atoms with Crippen molar-refractivity contribution in [1.82, 2.24) is 9.80 Å². The number of imide groups is 1. The maximum Gasteiger partial charge on any atom is 0.410 e. The van der Waals surface area contributed by atoms with E-state index >= 15 is 0 Å². The molecule has 198 valence electrons. The first kappa shape index (κ1) is 26.6. The van der Waals surface area contributed by atoms with Gasteiger partial charge in [0.15, 0.2) is 0 Å². The van der Waals surface area contributed by atoms with Crippen molar-refractivity contribution in [3.8, 4) is 5.75 Å². The normalized spacial score (nSPS) is 16.8. The maximum atomic E-state index is 13.3. The minimum Gasteiger partial charge on any atom is -0.497 e. The molecule has 2 heterocycles. The summed E-state index contributed by atoms with van der Waals surface area (Å²) in [6.45, 7) is 8.37. The monoisotopic (exact) mass is 528 g/mol. The first-order valence-corrected chi connectivity index (χ1v) is 12.7. The topological polar surface area (TPSA) is 82.6 Å². The molecule has 0 saturated carbocycles. The number of methoxy groups -OCH3 is 1. The number of ether oxygens (including phenoxy) is 2. The van der Waals surface area contributed by atoms with Crippen LogP contribution < -0.4 is 14.5 Å². The lowest BCUT2D eigenvalue weighted by molar-refractivity contribution is -0.129. The molecule has 0 N–H and O–H groups in total. The Kier molecular flexibility index (Phi) is 7.82. The third-order valence-electron chi connectivity index (χ3n) is 6.33. The summed E-state index contributed by atoms with van der Waals surface area (Å²) in [7, 11) is 1.59. The predicted molar refractivity (Wildman–Crippen MR) is 142 cm³/mol. The van der Waals surface area contributed by atoms with Gasteiger partial charge in [0, 0.05) is 44.8 Å². The van der Waals surface area contributed by atoms with Crippen molar-refractivity contribution in [1.29, 1.82) is 0 Å². The van der Waals surface area contributed by atoms with Crippen LogP contribution in [0, 0.1) is 0 Å². The van der Waals surface area contributed by atoms with E-state index in [4.69, 9.17) is 21.1 Å². The molecule has 4 rings (SSSR count). The molecule has 2 aliphatic rings. The Labute approximate surface area is 222 Å². The lowest BCUT2D eigenvalue weighted by Crippen LogP contribution is -2.52. The van der Waals surface area contributed by atoms with E-state index in [9.17, 15) is 14.4 Å². The molecule has 0 radical (unpaired) electrons. The zero-order valence-electron chi connectivity index (χ0n) is 21.7. The van der Waals surface area contributed by atoms with E-state index in [2.05, 4.69) is 4.90 Å². The summed E-state index contributed by atoms with van der Waals surface area (Å²) in [5.41, 5.74) is 1.78. The number of rotatable bonds is 5. The van der Waals surface area contributed by atoms with E-state index in [0.717, 1.165) is 11.3 Å². The molecular formula is C27H33ClN4O5. The van der Waals surface area contributed by atoms with Gasteiger partial charge < -0.3 is 19.3 Å². The van der Waals surface area contributed by atoms with Crippen LogP contribution >= 0.6 is 11.6 Å². The van der Waals surface area contributed by atoms with Crippen molar-refractivity contribution in [2.24, 2.45) is 0 Å². The second-order valence-electron chi connectivity index (χ2n) is 10.1. The number of halogens is 1. The standard InChI is InChI=1S/C27H33ClN4O5/c1-27(2,3)37-26(35)30-15-13-29(14-16-30)20-7-10-23(22(28)17-20)31-12-11-24(33)32(25(31)34)18-19-5-8-21(36-4)9-6-19/h5-10,17H,11-16,18H2,1-4H3. The SMILES string of the molecule is COc1ccc(CN2C(=O)CCN(c3ccc(N4CCN(C(=O)OC(C)(C)C)CC4)cc3Cl)C2=O)cc1. The maximum absolute atomic E-state index is 13.3. The van der Waals surface area contributed by atoms with Crippen molar-refractivity contribution >= 4 is 41.0 Å². The second kappa shape index (κ2) is 10.9. The Hall–Kier alpha value is -3.46. The van der Waals surface area contributed by atoms with Gasteiger partial charge in [0.1, 0.15) is 11.4 Å². The van der Waals surface area contributed by atoms with E-state index in [1.165, 1.54) is 4.90 Å². The van der Waals surface area contributed by atoms with Gasteiger partial charge in [-0.1, -0.05) is 23.7 Å². The van der Waals surface area contributed by atoms with E-state index in [1.54, 1.807) is 29.0 Å². The van der Waals surface area contributed by atoms with Gasteiger partial charge in [-0.05, 0) is 56.7 Å². The van der Waals surface area contributed by atoms with Crippen LogP contribution in [0.5, 0.6) is 5.75 Å². The summed E-state index contributed by atoms with van der Waals surface area (Å²) >= 11 is 6.65. The number of carbonyl (C=O) groups excluding carboxylic acids is 3.